The van der Waals surface area contributed by atoms with E-state index in [2.05, 4.69) is 6.92 Å². The summed E-state index contributed by atoms with van der Waals surface area (Å²) in [6.45, 7) is 6.37. The third-order valence-corrected chi connectivity index (χ3v) is 4.66. The Morgan fingerprint density at radius 2 is 1.83 bits per heavy atom. The number of rotatable bonds is 7. The van der Waals surface area contributed by atoms with Crippen molar-refractivity contribution in [3.05, 3.63) is 6.92 Å². The minimum Gasteiger partial charge on any atom is -0.377 e. The molecule has 0 saturated heterocycles. The second-order valence-electron chi connectivity index (χ2n) is 2.48. The van der Waals surface area contributed by atoms with Crippen molar-refractivity contribution >= 4 is 8.80 Å². The van der Waals surface area contributed by atoms with E-state index in [-0.39, 0.29) is 0 Å². The molecule has 0 aromatic heterocycles. The fourth-order valence-corrected chi connectivity index (χ4v) is 3.12. The van der Waals surface area contributed by atoms with Gasteiger partial charge in [0.25, 0.3) is 0 Å². The standard InChI is InChI=1S/C8H19O3Si/c1-5-7-8-12(9-3,10-4)11-6-2/h1,5-8H2,2-4H3. The zero-order valence-electron chi connectivity index (χ0n) is 8.26. The van der Waals surface area contributed by atoms with Crippen molar-refractivity contribution in [2.24, 2.45) is 0 Å². The molecule has 0 N–H and O–H groups in total. The van der Waals surface area contributed by atoms with Crippen LogP contribution in [0.25, 0.3) is 0 Å². The predicted octanol–water partition coefficient (Wildman–Crippen LogP) is 1.87. The molecule has 0 amide bonds. The number of hydrogen-bond acceptors (Lipinski definition) is 3. The molecule has 0 unspecified atom stereocenters. The fraction of sp³-hybridized carbons (Fsp3) is 0.875. The summed E-state index contributed by atoms with van der Waals surface area (Å²) in [5.74, 6) is 0. The fourth-order valence-electron chi connectivity index (χ4n) is 1.04. The molecule has 3 nitrogen and oxygen atoms in total. The summed E-state index contributed by atoms with van der Waals surface area (Å²) in [4.78, 5) is 0. The van der Waals surface area contributed by atoms with E-state index in [1.807, 2.05) is 6.92 Å². The van der Waals surface area contributed by atoms with Gasteiger partial charge in [0.1, 0.15) is 0 Å². The highest BCUT2D eigenvalue weighted by Gasteiger charge is 2.37. The third kappa shape index (κ3) is 3.67. The van der Waals surface area contributed by atoms with Gasteiger partial charge in [-0.25, -0.2) is 0 Å². The van der Waals surface area contributed by atoms with Gasteiger partial charge in [-0.3, -0.25) is 0 Å². The maximum atomic E-state index is 5.50. The van der Waals surface area contributed by atoms with Crippen LogP contribution in [0.5, 0.6) is 0 Å². The molecule has 73 valence electrons. The Bertz CT molecular complexity index is 104. The van der Waals surface area contributed by atoms with Crippen LogP contribution < -0.4 is 0 Å². The monoisotopic (exact) mass is 191 g/mol. The van der Waals surface area contributed by atoms with Crippen LogP contribution in [0.2, 0.25) is 6.04 Å². The van der Waals surface area contributed by atoms with E-state index in [0.717, 1.165) is 18.9 Å². The van der Waals surface area contributed by atoms with Crippen molar-refractivity contribution in [3.63, 3.8) is 0 Å². The van der Waals surface area contributed by atoms with E-state index in [9.17, 15) is 0 Å². The molecule has 1 radical (unpaired) electrons. The summed E-state index contributed by atoms with van der Waals surface area (Å²) < 4.78 is 16.1. The van der Waals surface area contributed by atoms with Gasteiger partial charge < -0.3 is 13.3 Å². The molecule has 0 saturated carbocycles. The Labute approximate surface area is 76.4 Å². The van der Waals surface area contributed by atoms with Gasteiger partial charge in [0.05, 0.1) is 0 Å². The van der Waals surface area contributed by atoms with Crippen LogP contribution in [0.1, 0.15) is 19.8 Å². The van der Waals surface area contributed by atoms with Crippen molar-refractivity contribution in [1.82, 2.24) is 0 Å². The maximum absolute atomic E-state index is 5.50. The van der Waals surface area contributed by atoms with E-state index in [1.54, 1.807) is 14.2 Å². The molecule has 0 atom stereocenters. The van der Waals surface area contributed by atoms with Gasteiger partial charge in [0.2, 0.25) is 0 Å². The van der Waals surface area contributed by atoms with Crippen LogP contribution in [0.15, 0.2) is 0 Å². The molecule has 0 aliphatic heterocycles. The highest BCUT2D eigenvalue weighted by molar-refractivity contribution is 6.60. The highest BCUT2D eigenvalue weighted by atomic mass is 28.4. The molecule has 0 fully saturated rings. The Morgan fingerprint density at radius 3 is 2.17 bits per heavy atom. The SMILES string of the molecule is [CH2]CCC[Si](OC)(OC)OCC. The van der Waals surface area contributed by atoms with Crippen LogP contribution in [0.4, 0.5) is 0 Å². The van der Waals surface area contributed by atoms with Crippen molar-refractivity contribution in [2.75, 3.05) is 20.8 Å². The van der Waals surface area contributed by atoms with Gasteiger partial charge in [-0.15, -0.1) is 0 Å². The molecule has 0 bridgehead atoms. The largest absolute Gasteiger partial charge is 0.500 e. The first-order valence-electron chi connectivity index (χ1n) is 4.28. The first-order valence-corrected chi connectivity index (χ1v) is 6.21. The molecule has 0 rings (SSSR count). The van der Waals surface area contributed by atoms with Gasteiger partial charge in [-0.1, -0.05) is 13.3 Å². The van der Waals surface area contributed by atoms with E-state index in [0.29, 0.717) is 6.61 Å². The molecule has 0 aromatic rings. The van der Waals surface area contributed by atoms with E-state index in [4.69, 9.17) is 13.3 Å². The maximum Gasteiger partial charge on any atom is 0.500 e. The van der Waals surface area contributed by atoms with Crippen LogP contribution in [-0.2, 0) is 13.3 Å². The van der Waals surface area contributed by atoms with Crippen LogP contribution >= 0.6 is 0 Å². The van der Waals surface area contributed by atoms with Crippen molar-refractivity contribution < 1.29 is 13.3 Å². The first kappa shape index (κ1) is 12.1. The summed E-state index contributed by atoms with van der Waals surface area (Å²) in [7, 11) is 0.990. The molecular weight excluding hydrogens is 172 g/mol. The summed E-state index contributed by atoms with van der Waals surface area (Å²) in [5, 5.41) is 0. The zero-order chi connectivity index (χ0) is 9.45. The van der Waals surface area contributed by atoms with Gasteiger partial charge in [0.15, 0.2) is 0 Å². The molecule has 0 heterocycles. The normalized spacial score (nSPS) is 12.0. The van der Waals surface area contributed by atoms with Gasteiger partial charge in [0, 0.05) is 26.9 Å². The Hall–Kier alpha value is 0.0969. The van der Waals surface area contributed by atoms with Crippen LogP contribution in [0, 0.1) is 6.92 Å². The first-order chi connectivity index (χ1) is 5.74. The Kier molecular flexibility index (Phi) is 6.65. The second kappa shape index (κ2) is 6.60. The molecule has 0 aliphatic rings. The molecule has 0 spiro atoms. The topological polar surface area (TPSA) is 27.7 Å². The number of hydrogen-bond donors (Lipinski definition) is 0. The van der Waals surface area contributed by atoms with Crippen molar-refractivity contribution in [1.29, 1.82) is 0 Å². The lowest BCUT2D eigenvalue weighted by Crippen LogP contribution is -2.43. The molecule has 0 aliphatic carbocycles. The van der Waals surface area contributed by atoms with Gasteiger partial charge in [-0.2, -0.15) is 0 Å². The average molecular weight is 191 g/mol. The van der Waals surface area contributed by atoms with Gasteiger partial charge in [-0.05, 0) is 13.3 Å². The Balaban J connectivity index is 3.95. The number of unbranched alkanes of at least 4 members (excludes halogenated alkanes) is 1. The smallest absolute Gasteiger partial charge is 0.377 e. The minimum atomic E-state index is -2.30. The van der Waals surface area contributed by atoms with Crippen LogP contribution in [-0.4, -0.2) is 29.6 Å². The predicted molar refractivity (Wildman–Crippen MR) is 50.8 cm³/mol. The Morgan fingerprint density at radius 1 is 1.25 bits per heavy atom. The lowest BCUT2D eigenvalue weighted by molar-refractivity contribution is 0.103. The third-order valence-electron chi connectivity index (χ3n) is 1.72. The van der Waals surface area contributed by atoms with Crippen molar-refractivity contribution in [3.8, 4) is 0 Å². The zero-order valence-corrected chi connectivity index (χ0v) is 9.26. The van der Waals surface area contributed by atoms with E-state index >= 15 is 0 Å². The molecule has 12 heavy (non-hydrogen) atoms. The summed E-state index contributed by atoms with van der Waals surface area (Å²) in [5.41, 5.74) is 0. The van der Waals surface area contributed by atoms with Crippen LogP contribution in [0.3, 0.4) is 0 Å². The van der Waals surface area contributed by atoms with Crippen molar-refractivity contribution in [2.45, 2.75) is 25.8 Å². The highest BCUT2D eigenvalue weighted by Crippen LogP contribution is 2.16. The molecule has 0 aromatic carbocycles. The summed E-state index contributed by atoms with van der Waals surface area (Å²) in [6, 6.07) is 0.858. The molecule has 4 heteroatoms. The lowest BCUT2D eigenvalue weighted by Gasteiger charge is -2.25. The second-order valence-corrected chi connectivity index (χ2v) is 5.45. The summed E-state index contributed by atoms with van der Waals surface area (Å²) >= 11 is 0. The minimum absolute atomic E-state index is 0.644. The van der Waals surface area contributed by atoms with E-state index in [1.165, 1.54) is 0 Å². The summed E-state index contributed by atoms with van der Waals surface area (Å²) in [6.07, 6.45) is 1.89. The quantitative estimate of drug-likeness (QED) is 0.575. The molecular formula is C8H19O3Si. The lowest BCUT2D eigenvalue weighted by atomic mass is 10.4. The van der Waals surface area contributed by atoms with Gasteiger partial charge >= 0.3 is 8.80 Å². The average Bonchev–Trinajstić information content (AvgIpc) is 2.13. The van der Waals surface area contributed by atoms with E-state index < -0.39 is 8.80 Å².